The predicted octanol–water partition coefficient (Wildman–Crippen LogP) is 2.47. The molecular weight excluding hydrogens is 286 g/mol. The number of hydrogen-bond acceptors (Lipinski definition) is 3. The third-order valence-corrected chi connectivity index (χ3v) is 5.39. The Morgan fingerprint density at radius 2 is 2.10 bits per heavy atom. The zero-order chi connectivity index (χ0) is 15.3. The van der Waals surface area contributed by atoms with Gasteiger partial charge in [-0.15, -0.1) is 11.8 Å². The molecule has 5 heteroatoms. The number of carbonyl (C=O) groups excluding carboxylic acids is 1. The summed E-state index contributed by atoms with van der Waals surface area (Å²) in [6.07, 6.45) is 2.87. The van der Waals surface area contributed by atoms with Gasteiger partial charge in [-0.05, 0) is 43.9 Å². The van der Waals surface area contributed by atoms with Gasteiger partial charge in [0.15, 0.2) is 0 Å². The van der Waals surface area contributed by atoms with E-state index in [-0.39, 0.29) is 5.91 Å². The van der Waals surface area contributed by atoms with Crippen LogP contribution in [0.1, 0.15) is 31.7 Å². The number of benzene rings is 1. The minimum Gasteiger partial charge on any atom is -0.480 e. The lowest BCUT2D eigenvalue weighted by Crippen LogP contribution is -2.48. The van der Waals surface area contributed by atoms with Crippen LogP contribution in [-0.4, -0.2) is 33.5 Å². The molecule has 1 aromatic rings. The Hall–Kier alpha value is -1.49. The van der Waals surface area contributed by atoms with E-state index in [0.717, 1.165) is 24.2 Å². The SMILES string of the molecule is CC1(C(=O)NC(CCc2ccccc2)C(=O)O)CCCS1. The van der Waals surface area contributed by atoms with Gasteiger partial charge in [0.05, 0.1) is 4.75 Å². The first-order valence-electron chi connectivity index (χ1n) is 7.23. The number of aryl methyl sites for hydroxylation is 1. The average Bonchev–Trinajstić information content (AvgIpc) is 2.92. The van der Waals surface area contributed by atoms with Crippen LogP contribution in [0.3, 0.4) is 0 Å². The van der Waals surface area contributed by atoms with Gasteiger partial charge < -0.3 is 10.4 Å². The second-order valence-electron chi connectivity index (χ2n) is 5.57. The van der Waals surface area contributed by atoms with Gasteiger partial charge in [-0.25, -0.2) is 4.79 Å². The Labute approximate surface area is 129 Å². The first-order valence-corrected chi connectivity index (χ1v) is 8.21. The zero-order valence-corrected chi connectivity index (χ0v) is 13.0. The molecule has 1 heterocycles. The van der Waals surface area contributed by atoms with Gasteiger partial charge in [-0.3, -0.25) is 4.79 Å². The Morgan fingerprint density at radius 1 is 1.38 bits per heavy atom. The first-order chi connectivity index (χ1) is 10.0. The molecule has 0 aromatic heterocycles. The molecule has 0 bridgehead atoms. The molecule has 2 N–H and O–H groups in total. The summed E-state index contributed by atoms with van der Waals surface area (Å²) in [5.74, 6) is -0.151. The molecule has 0 spiro atoms. The van der Waals surface area contributed by atoms with E-state index in [1.54, 1.807) is 11.8 Å². The fourth-order valence-corrected chi connectivity index (χ4v) is 3.70. The molecule has 0 aliphatic carbocycles. The molecule has 0 radical (unpaired) electrons. The summed E-state index contributed by atoms with van der Waals surface area (Å²) in [5.41, 5.74) is 1.08. The van der Waals surface area contributed by atoms with Crippen LogP contribution in [0.4, 0.5) is 0 Å². The van der Waals surface area contributed by atoms with Crippen molar-refractivity contribution in [3.63, 3.8) is 0 Å². The van der Waals surface area contributed by atoms with E-state index >= 15 is 0 Å². The Kier molecular flexibility index (Phi) is 5.28. The zero-order valence-electron chi connectivity index (χ0n) is 12.2. The number of aliphatic carboxylic acids is 1. The summed E-state index contributed by atoms with van der Waals surface area (Å²) in [7, 11) is 0. The summed E-state index contributed by atoms with van der Waals surface area (Å²) in [4.78, 5) is 23.7. The monoisotopic (exact) mass is 307 g/mol. The molecular formula is C16H21NO3S. The van der Waals surface area contributed by atoms with Crippen molar-refractivity contribution >= 4 is 23.6 Å². The third kappa shape index (κ3) is 4.24. The number of carboxylic acid groups (broad SMARTS) is 1. The maximum atomic E-state index is 12.3. The van der Waals surface area contributed by atoms with Gasteiger partial charge in [0.1, 0.15) is 6.04 Å². The molecule has 114 valence electrons. The number of thioether (sulfide) groups is 1. The molecule has 1 aliphatic heterocycles. The summed E-state index contributed by atoms with van der Waals surface area (Å²) < 4.78 is -0.472. The van der Waals surface area contributed by atoms with Crippen LogP contribution >= 0.6 is 11.8 Å². The number of amides is 1. The Morgan fingerprint density at radius 3 is 2.67 bits per heavy atom. The predicted molar refractivity (Wildman–Crippen MR) is 84.4 cm³/mol. The van der Waals surface area contributed by atoms with Crippen molar-refractivity contribution < 1.29 is 14.7 Å². The molecule has 21 heavy (non-hydrogen) atoms. The molecule has 2 rings (SSSR count). The number of rotatable bonds is 6. The smallest absolute Gasteiger partial charge is 0.326 e. The second kappa shape index (κ2) is 6.98. The summed E-state index contributed by atoms with van der Waals surface area (Å²) in [6, 6.07) is 8.90. The first kappa shape index (κ1) is 15.9. The van der Waals surface area contributed by atoms with Gasteiger partial charge >= 0.3 is 5.97 Å². The highest BCUT2D eigenvalue weighted by atomic mass is 32.2. The molecule has 0 saturated carbocycles. The molecule has 2 unspecified atom stereocenters. The van der Waals surface area contributed by atoms with Crippen LogP contribution in [0, 0.1) is 0 Å². The van der Waals surface area contributed by atoms with E-state index < -0.39 is 16.8 Å². The lowest BCUT2D eigenvalue weighted by atomic mass is 10.0. The topological polar surface area (TPSA) is 66.4 Å². The van der Waals surface area contributed by atoms with Crippen molar-refractivity contribution in [1.29, 1.82) is 0 Å². The van der Waals surface area contributed by atoms with Crippen LogP contribution in [0.15, 0.2) is 30.3 Å². The van der Waals surface area contributed by atoms with Crippen LogP contribution in [0.2, 0.25) is 0 Å². The Bertz CT molecular complexity index is 498. The van der Waals surface area contributed by atoms with Crippen LogP contribution in [-0.2, 0) is 16.0 Å². The maximum absolute atomic E-state index is 12.3. The highest BCUT2D eigenvalue weighted by Crippen LogP contribution is 2.37. The molecule has 1 saturated heterocycles. The molecule has 1 fully saturated rings. The van der Waals surface area contributed by atoms with E-state index in [4.69, 9.17) is 0 Å². The van der Waals surface area contributed by atoms with E-state index in [2.05, 4.69) is 5.32 Å². The number of carboxylic acids is 1. The van der Waals surface area contributed by atoms with Crippen molar-refractivity contribution in [2.45, 2.75) is 43.4 Å². The van der Waals surface area contributed by atoms with Crippen molar-refractivity contribution in [3.05, 3.63) is 35.9 Å². The van der Waals surface area contributed by atoms with Crippen LogP contribution < -0.4 is 5.32 Å². The van der Waals surface area contributed by atoms with E-state index in [1.165, 1.54) is 0 Å². The van der Waals surface area contributed by atoms with Gasteiger partial charge in [0, 0.05) is 0 Å². The Balaban J connectivity index is 1.93. The van der Waals surface area contributed by atoms with E-state index in [1.807, 2.05) is 37.3 Å². The summed E-state index contributed by atoms with van der Waals surface area (Å²) >= 11 is 1.62. The molecule has 1 amide bonds. The second-order valence-corrected chi connectivity index (χ2v) is 7.17. The minimum atomic E-state index is -0.967. The summed E-state index contributed by atoms with van der Waals surface area (Å²) in [5, 5.41) is 12.0. The third-order valence-electron chi connectivity index (χ3n) is 3.87. The molecule has 2 atom stereocenters. The van der Waals surface area contributed by atoms with Gasteiger partial charge in [-0.1, -0.05) is 30.3 Å². The molecule has 1 aromatic carbocycles. The number of nitrogens with one attached hydrogen (secondary N) is 1. The lowest BCUT2D eigenvalue weighted by molar-refractivity contribution is -0.142. The van der Waals surface area contributed by atoms with Crippen molar-refractivity contribution in [1.82, 2.24) is 5.32 Å². The van der Waals surface area contributed by atoms with Gasteiger partial charge in [-0.2, -0.15) is 0 Å². The normalized spacial score (nSPS) is 22.7. The van der Waals surface area contributed by atoms with Gasteiger partial charge in [0.25, 0.3) is 0 Å². The van der Waals surface area contributed by atoms with E-state index in [0.29, 0.717) is 12.8 Å². The standard InChI is InChI=1S/C16H21NO3S/c1-16(10-5-11-21-16)15(20)17-13(14(18)19)9-8-12-6-3-2-4-7-12/h2-4,6-7,13H,5,8-11H2,1H3,(H,17,20)(H,18,19). The minimum absolute atomic E-state index is 0.148. The lowest BCUT2D eigenvalue weighted by Gasteiger charge is -2.24. The largest absolute Gasteiger partial charge is 0.480 e. The van der Waals surface area contributed by atoms with Crippen LogP contribution in [0.5, 0.6) is 0 Å². The maximum Gasteiger partial charge on any atom is 0.326 e. The highest BCUT2D eigenvalue weighted by molar-refractivity contribution is 8.01. The van der Waals surface area contributed by atoms with Crippen molar-refractivity contribution in [2.75, 3.05) is 5.75 Å². The number of carbonyl (C=O) groups is 2. The number of hydrogen-bond donors (Lipinski definition) is 2. The average molecular weight is 307 g/mol. The molecule has 4 nitrogen and oxygen atoms in total. The van der Waals surface area contributed by atoms with Crippen LogP contribution in [0.25, 0.3) is 0 Å². The fourth-order valence-electron chi connectivity index (χ4n) is 2.48. The quantitative estimate of drug-likeness (QED) is 0.847. The van der Waals surface area contributed by atoms with Gasteiger partial charge in [0.2, 0.25) is 5.91 Å². The molecule has 1 aliphatic rings. The highest BCUT2D eigenvalue weighted by Gasteiger charge is 2.38. The van der Waals surface area contributed by atoms with Crippen molar-refractivity contribution in [2.24, 2.45) is 0 Å². The summed E-state index contributed by atoms with van der Waals surface area (Å²) in [6.45, 7) is 1.90. The fraction of sp³-hybridized carbons (Fsp3) is 0.500. The van der Waals surface area contributed by atoms with E-state index in [9.17, 15) is 14.7 Å². The van der Waals surface area contributed by atoms with Crippen molar-refractivity contribution in [3.8, 4) is 0 Å².